The number of nitrogens with one attached hydrogen (secondary N) is 2. The van der Waals surface area contributed by atoms with Crippen molar-refractivity contribution in [3.63, 3.8) is 0 Å². The highest BCUT2D eigenvalue weighted by atomic mass is 16.5. The molecule has 0 amide bonds. The molecule has 0 saturated carbocycles. The first-order valence-electron chi connectivity index (χ1n) is 11.5. The van der Waals surface area contributed by atoms with Gasteiger partial charge in [0, 0.05) is 32.3 Å². The van der Waals surface area contributed by atoms with Crippen molar-refractivity contribution in [2.75, 3.05) is 47.4 Å². The predicted molar refractivity (Wildman–Crippen MR) is 125 cm³/mol. The van der Waals surface area contributed by atoms with E-state index in [-0.39, 0.29) is 6.10 Å². The average Bonchev–Trinajstić information content (AvgIpc) is 3.25. The zero-order valence-electron chi connectivity index (χ0n) is 19.5. The topological polar surface area (TPSA) is 58.1 Å². The Balaban J connectivity index is 1.68. The summed E-state index contributed by atoms with van der Waals surface area (Å²) in [6, 6.07) is 6.37. The molecule has 1 aromatic carbocycles. The minimum Gasteiger partial charge on any atom is -0.491 e. The lowest BCUT2D eigenvalue weighted by molar-refractivity contribution is 0.0676. The average molecular weight is 419 g/mol. The smallest absolute Gasteiger partial charge is 0.191 e. The number of aliphatic imine (C=N–C) groups is 1. The number of rotatable bonds is 13. The van der Waals surface area contributed by atoms with Gasteiger partial charge in [-0.1, -0.05) is 31.4 Å². The Morgan fingerprint density at radius 1 is 1.17 bits per heavy atom. The number of guanidine groups is 1. The van der Waals surface area contributed by atoms with Gasteiger partial charge in [-0.2, -0.15) is 0 Å². The molecule has 1 aromatic rings. The van der Waals surface area contributed by atoms with Gasteiger partial charge in [-0.15, -0.1) is 0 Å². The van der Waals surface area contributed by atoms with E-state index in [1.165, 1.54) is 44.2 Å². The van der Waals surface area contributed by atoms with Crippen molar-refractivity contribution < 1.29 is 9.47 Å². The van der Waals surface area contributed by atoms with Crippen LogP contribution in [0.4, 0.5) is 0 Å². The van der Waals surface area contributed by atoms with Crippen molar-refractivity contribution in [2.45, 2.75) is 64.5 Å². The van der Waals surface area contributed by atoms with Crippen molar-refractivity contribution in [3.05, 3.63) is 29.3 Å². The number of nitrogens with zero attached hydrogens (tertiary/aromatic N) is 2. The Morgan fingerprint density at radius 3 is 2.70 bits per heavy atom. The SMILES string of the molecule is CN=C(NCCCCCCCN(C)C)NCc1ccc(C)cc1OCC1CCCO1. The predicted octanol–water partition coefficient (Wildman–Crippen LogP) is 3.73. The molecule has 1 heterocycles. The van der Waals surface area contributed by atoms with Gasteiger partial charge in [0.25, 0.3) is 0 Å². The van der Waals surface area contributed by atoms with Crippen LogP contribution < -0.4 is 15.4 Å². The second kappa shape index (κ2) is 14.3. The maximum Gasteiger partial charge on any atom is 0.191 e. The fourth-order valence-electron chi connectivity index (χ4n) is 3.59. The summed E-state index contributed by atoms with van der Waals surface area (Å²) in [5.74, 6) is 1.78. The van der Waals surface area contributed by atoms with Crippen LogP contribution in [-0.4, -0.2) is 64.4 Å². The molecule has 1 fully saturated rings. The van der Waals surface area contributed by atoms with Crippen molar-refractivity contribution in [1.82, 2.24) is 15.5 Å². The third kappa shape index (κ3) is 9.81. The molecule has 1 saturated heterocycles. The molecule has 30 heavy (non-hydrogen) atoms. The Labute approximate surface area is 183 Å². The van der Waals surface area contributed by atoms with Crippen LogP contribution in [0.2, 0.25) is 0 Å². The van der Waals surface area contributed by atoms with Gasteiger partial charge in [0.15, 0.2) is 5.96 Å². The molecule has 0 radical (unpaired) electrons. The van der Waals surface area contributed by atoms with E-state index in [0.717, 1.165) is 43.3 Å². The van der Waals surface area contributed by atoms with E-state index >= 15 is 0 Å². The summed E-state index contributed by atoms with van der Waals surface area (Å²) in [6.07, 6.45) is 8.78. The van der Waals surface area contributed by atoms with E-state index in [4.69, 9.17) is 9.47 Å². The summed E-state index contributed by atoms with van der Waals surface area (Å²) in [7, 11) is 6.09. The number of ether oxygens (including phenoxy) is 2. The maximum atomic E-state index is 6.10. The van der Waals surface area contributed by atoms with E-state index in [0.29, 0.717) is 13.2 Å². The lowest BCUT2D eigenvalue weighted by Crippen LogP contribution is -2.37. The van der Waals surface area contributed by atoms with Crippen LogP contribution in [0.1, 0.15) is 56.1 Å². The number of unbranched alkanes of at least 4 members (excludes halogenated alkanes) is 4. The fourth-order valence-corrected chi connectivity index (χ4v) is 3.59. The van der Waals surface area contributed by atoms with Crippen LogP contribution in [0.5, 0.6) is 5.75 Å². The van der Waals surface area contributed by atoms with Crippen LogP contribution in [0.15, 0.2) is 23.2 Å². The van der Waals surface area contributed by atoms with Gasteiger partial charge in [-0.3, -0.25) is 4.99 Å². The molecule has 0 spiro atoms. The van der Waals surface area contributed by atoms with Crippen molar-refractivity contribution in [2.24, 2.45) is 4.99 Å². The second-order valence-electron chi connectivity index (χ2n) is 8.48. The van der Waals surface area contributed by atoms with Crippen molar-refractivity contribution >= 4 is 5.96 Å². The van der Waals surface area contributed by atoms with Crippen LogP contribution in [0.25, 0.3) is 0 Å². The highest BCUT2D eigenvalue weighted by Gasteiger charge is 2.17. The minimum atomic E-state index is 0.226. The summed E-state index contributed by atoms with van der Waals surface area (Å²) in [6.45, 7) is 6.39. The van der Waals surface area contributed by atoms with Gasteiger partial charge >= 0.3 is 0 Å². The standard InChI is InChI=1S/C24H42N4O2/c1-20-12-13-21(23(17-20)30-19-22-11-10-16-29-22)18-27-24(25-2)26-14-8-6-5-7-9-15-28(3)4/h12-13,17,22H,5-11,14-16,18-19H2,1-4H3,(H2,25,26,27). The molecular formula is C24H42N4O2. The molecule has 0 bridgehead atoms. The van der Waals surface area contributed by atoms with E-state index in [1.807, 2.05) is 7.05 Å². The molecule has 1 aliphatic heterocycles. The quantitative estimate of drug-likeness (QED) is 0.290. The van der Waals surface area contributed by atoms with Crippen molar-refractivity contribution in [3.8, 4) is 5.75 Å². The lowest BCUT2D eigenvalue weighted by Gasteiger charge is -2.17. The molecule has 1 atom stereocenters. The lowest BCUT2D eigenvalue weighted by atomic mass is 10.1. The number of hydrogen-bond donors (Lipinski definition) is 2. The summed E-state index contributed by atoms with van der Waals surface area (Å²) in [5, 5.41) is 6.85. The van der Waals surface area contributed by atoms with Crippen LogP contribution in [0, 0.1) is 6.92 Å². The van der Waals surface area contributed by atoms with Gasteiger partial charge < -0.3 is 25.0 Å². The van der Waals surface area contributed by atoms with E-state index in [9.17, 15) is 0 Å². The Morgan fingerprint density at radius 2 is 1.97 bits per heavy atom. The van der Waals surface area contributed by atoms with E-state index in [1.54, 1.807) is 0 Å². The Bertz CT molecular complexity index is 628. The molecule has 1 aliphatic rings. The second-order valence-corrected chi connectivity index (χ2v) is 8.48. The van der Waals surface area contributed by atoms with Crippen LogP contribution in [-0.2, 0) is 11.3 Å². The summed E-state index contributed by atoms with van der Waals surface area (Å²) in [4.78, 5) is 6.61. The van der Waals surface area contributed by atoms with Gasteiger partial charge in [-0.25, -0.2) is 0 Å². The first-order chi connectivity index (χ1) is 14.6. The molecular weight excluding hydrogens is 376 g/mol. The fraction of sp³-hybridized carbons (Fsp3) is 0.708. The minimum absolute atomic E-state index is 0.226. The normalized spacial score (nSPS) is 16.8. The Hall–Kier alpha value is -1.79. The third-order valence-electron chi connectivity index (χ3n) is 5.42. The van der Waals surface area contributed by atoms with Crippen molar-refractivity contribution in [1.29, 1.82) is 0 Å². The molecule has 2 rings (SSSR count). The van der Waals surface area contributed by atoms with Gasteiger partial charge in [-0.05, 0) is 64.9 Å². The highest BCUT2D eigenvalue weighted by Crippen LogP contribution is 2.22. The first-order valence-corrected chi connectivity index (χ1v) is 11.5. The zero-order valence-corrected chi connectivity index (χ0v) is 19.5. The van der Waals surface area contributed by atoms with Gasteiger partial charge in [0.05, 0.1) is 6.10 Å². The molecule has 2 N–H and O–H groups in total. The third-order valence-corrected chi connectivity index (χ3v) is 5.42. The number of aryl methyl sites for hydroxylation is 1. The summed E-state index contributed by atoms with van der Waals surface area (Å²) in [5.41, 5.74) is 2.34. The molecule has 6 heteroatoms. The highest BCUT2D eigenvalue weighted by molar-refractivity contribution is 5.79. The molecule has 0 aliphatic carbocycles. The first kappa shape index (κ1) is 24.5. The number of hydrogen-bond acceptors (Lipinski definition) is 4. The monoisotopic (exact) mass is 418 g/mol. The largest absolute Gasteiger partial charge is 0.491 e. The summed E-state index contributed by atoms with van der Waals surface area (Å²) < 4.78 is 11.8. The summed E-state index contributed by atoms with van der Waals surface area (Å²) >= 11 is 0. The van der Waals surface area contributed by atoms with Crippen LogP contribution >= 0.6 is 0 Å². The van der Waals surface area contributed by atoms with Gasteiger partial charge in [0.2, 0.25) is 0 Å². The molecule has 1 unspecified atom stereocenters. The molecule has 170 valence electrons. The van der Waals surface area contributed by atoms with Crippen LogP contribution in [0.3, 0.4) is 0 Å². The maximum absolute atomic E-state index is 6.10. The number of benzene rings is 1. The van der Waals surface area contributed by atoms with E-state index in [2.05, 4.69) is 59.7 Å². The molecule has 0 aromatic heterocycles. The van der Waals surface area contributed by atoms with E-state index < -0.39 is 0 Å². The zero-order chi connectivity index (χ0) is 21.6. The van der Waals surface area contributed by atoms with Gasteiger partial charge in [0.1, 0.15) is 12.4 Å². The Kier molecular flexibility index (Phi) is 11.6. The molecule has 6 nitrogen and oxygen atoms in total.